The Balaban J connectivity index is 2.15. The van der Waals surface area contributed by atoms with Crippen molar-refractivity contribution in [2.75, 3.05) is 0 Å². The van der Waals surface area contributed by atoms with Gasteiger partial charge in [-0.15, -0.1) is 11.3 Å². The number of nitrogens with zero attached hydrogens (tertiary/aromatic N) is 2. The smallest absolute Gasteiger partial charge is 0.394 e. The van der Waals surface area contributed by atoms with Crippen LogP contribution in [0, 0.1) is 0 Å². The van der Waals surface area contributed by atoms with Crippen LogP contribution in [0.15, 0.2) is 22.2 Å². The number of H-pyrrole nitrogens is 1. The molecule has 0 saturated carbocycles. The molecule has 0 spiro atoms. The maximum atomic E-state index is 10.6. The Kier molecular flexibility index (Phi) is 1.80. The van der Waals surface area contributed by atoms with Gasteiger partial charge in [-0.2, -0.15) is 4.98 Å². The van der Waals surface area contributed by atoms with Crippen LogP contribution >= 0.6 is 11.3 Å². The Morgan fingerprint density at radius 2 is 2.44 bits per heavy atom. The fourth-order valence-electron chi connectivity index (χ4n) is 1.45. The van der Waals surface area contributed by atoms with Gasteiger partial charge in [0.15, 0.2) is 0 Å². The molecule has 6 nitrogen and oxygen atoms in total. The predicted octanol–water partition coefficient (Wildman–Crippen LogP) is 1.98. The lowest BCUT2D eigenvalue weighted by molar-refractivity contribution is 0.0643. The first-order valence-electron chi connectivity index (χ1n) is 4.37. The molecule has 0 fully saturated rings. The second kappa shape index (κ2) is 3.17. The normalized spacial score (nSPS) is 11.0. The molecule has 16 heavy (non-hydrogen) atoms. The maximum absolute atomic E-state index is 10.6. The summed E-state index contributed by atoms with van der Waals surface area (Å²) in [4.78, 5) is 18.4. The minimum absolute atomic E-state index is 0.280. The minimum atomic E-state index is -1.23. The molecule has 0 unspecified atom stereocenters. The van der Waals surface area contributed by atoms with E-state index in [0.29, 0.717) is 0 Å². The number of thiophene rings is 1. The summed E-state index contributed by atoms with van der Waals surface area (Å²) in [5.74, 6) is -1.35. The van der Waals surface area contributed by atoms with E-state index in [1.165, 1.54) is 0 Å². The van der Waals surface area contributed by atoms with E-state index in [9.17, 15) is 4.79 Å². The van der Waals surface area contributed by atoms with Crippen LogP contribution in [-0.4, -0.2) is 26.2 Å². The highest BCUT2D eigenvalue weighted by atomic mass is 32.1. The highest BCUT2D eigenvalue weighted by molar-refractivity contribution is 7.16. The molecule has 2 N–H and O–H groups in total. The van der Waals surface area contributed by atoms with Crippen LogP contribution in [0.1, 0.15) is 10.7 Å². The van der Waals surface area contributed by atoms with Gasteiger partial charge in [0.05, 0.1) is 0 Å². The Hall–Kier alpha value is -2.15. The molecule has 3 heterocycles. The number of hydrogen-bond donors (Lipinski definition) is 2. The summed E-state index contributed by atoms with van der Waals surface area (Å²) < 4.78 is 4.60. The van der Waals surface area contributed by atoms with Crippen LogP contribution in [0.3, 0.4) is 0 Å². The molecule has 0 aliphatic carbocycles. The standard InChI is InChI=1S/C9H5N3O3S/c13-9(14)7-11-6(12-15-7)5-3-10-8-4(5)1-2-16-8/h1-3,10H,(H,13,14). The van der Waals surface area contributed by atoms with E-state index >= 15 is 0 Å². The van der Waals surface area contributed by atoms with Crippen molar-refractivity contribution >= 4 is 27.5 Å². The van der Waals surface area contributed by atoms with Gasteiger partial charge in [-0.05, 0) is 11.4 Å². The lowest BCUT2D eigenvalue weighted by atomic mass is 10.2. The second-order valence-electron chi connectivity index (χ2n) is 3.09. The number of fused-ring (bicyclic) bond motifs is 1. The molecule has 0 saturated heterocycles. The number of hydrogen-bond acceptors (Lipinski definition) is 5. The van der Waals surface area contributed by atoms with Crippen LogP contribution in [0.5, 0.6) is 0 Å². The quantitative estimate of drug-likeness (QED) is 0.708. The number of nitrogens with one attached hydrogen (secondary N) is 1. The first-order valence-corrected chi connectivity index (χ1v) is 5.25. The van der Waals surface area contributed by atoms with Crippen LogP contribution in [0.25, 0.3) is 21.6 Å². The summed E-state index contributed by atoms with van der Waals surface area (Å²) in [6.07, 6.45) is 1.73. The van der Waals surface area contributed by atoms with Gasteiger partial charge in [0.2, 0.25) is 5.82 Å². The summed E-state index contributed by atoms with van der Waals surface area (Å²) in [6, 6.07) is 1.92. The number of carboxylic acids is 1. The lowest BCUT2D eigenvalue weighted by Crippen LogP contribution is -1.95. The van der Waals surface area contributed by atoms with Gasteiger partial charge >= 0.3 is 11.9 Å². The summed E-state index contributed by atoms with van der Waals surface area (Å²) in [5, 5.41) is 15.2. The molecule has 0 aromatic carbocycles. The van der Waals surface area contributed by atoms with Gasteiger partial charge in [-0.25, -0.2) is 4.79 Å². The fourth-order valence-corrected chi connectivity index (χ4v) is 2.23. The number of carbonyl (C=O) groups is 1. The molecule has 7 heteroatoms. The third-order valence-corrected chi connectivity index (χ3v) is 3.00. The topological polar surface area (TPSA) is 92.0 Å². The summed E-state index contributed by atoms with van der Waals surface area (Å²) in [7, 11) is 0. The van der Waals surface area contributed by atoms with E-state index in [1.54, 1.807) is 17.5 Å². The maximum Gasteiger partial charge on any atom is 0.394 e. The zero-order valence-corrected chi connectivity index (χ0v) is 8.61. The molecule has 0 amide bonds. The van der Waals surface area contributed by atoms with Gasteiger partial charge in [0.25, 0.3) is 0 Å². The van der Waals surface area contributed by atoms with Gasteiger partial charge in [0.1, 0.15) is 4.83 Å². The fraction of sp³-hybridized carbons (Fsp3) is 0. The molecule has 0 radical (unpaired) electrons. The molecule has 0 atom stereocenters. The Morgan fingerprint density at radius 3 is 3.19 bits per heavy atom. The predicted molar refractivity (Wildman–Crippen MR) is 56.4 cm³/mol. The average molecular weight is 235 g/mol. The SMILES string of the molecule is O=C(O)c1nc(-c2c[nH]c3sccc23)no1. The number of aromatic carboxylic acids is 1. The second-order valence-corrected chi connectivity index (χ2v) is 4.01. The molecule has 0 aliphatic rings. The van der Waals surface area contributed by atoms with E-state index in [2.05, 4.69) is 19.6 Å². The van der Waals surface area contributed by atoms with Crippen molar-refractivity contribution in [3.8, 4) is 11.4 Å². The van der Waals surface area contributed by atoms with Crippen LogP contribution in [0.2, 0.25) is 0 Å². The molecule has 0 bridgehead atoms. The van der Waals surface area contributed by atoms with E-state index in [4.69, 9.17) is 5.11 Å². The van der Waals surface area contributed by atoms with Crippen molar-refractivity contribution in [3.63, 3.8) is 0 Å². The first kappa shape index (κ1) is 9.10. The van der Waals surface area contributed by atoms with Gasteiger partial charge in [0, 0.05) is 17.1 Å². The number of aromatic amines is 1. The van der Waals surface area contributed by atoms with Crippen LogP contribution in [-0.2, 0) is 0 Å². The van der Waals surface area contributed by atoms with E-state index in [1.807, 2.05) is 11.4 Å². The van der Waals surface area contributed by atoms with Gasteiger partial charge in [-0.3, -0.25) is 0 Å². The first-order chi connectivity index (χ1) is 7.75. The average Bonchev–Trinajstić information content (AvgIpc) is 2.92. The van der Waals surface area contributed by atoms with Crippen molar-refractivity contribution in [3.05, 3.63) is 23.5 Å². The summed E-state index contributed by atoms with van der Waals surface area (Å²) in [5.41, 5.74) is 0.743. The molecule has 3 aromatic rings. The number of aromatic nitrogens is 3. The Labute approximate surface area is 92.5 Å². The molecular weight excluding hydrogens is 230 g/mol. The lowest BCUT2D eigenvalue weighted by Gasteiger charge is -1.85. The minimum Gasteiger partial charge on any atom is -0.474 e. The zero-order valence-electron chi connectivity index (χ0n) is 7.80. The zero-order chi connectivity index (χ0) is 11.1. The van der Waals surface area contributed by atoms with Gasteiger partial charge in [-0.1, -0.05) is 5.16 Å². The number of carboxylic acid groups (broad SMARTS) is 1. The third kappa shape index (κ3) is 1.22. The van der Waals surface area contributed by atoms with Gasteiger partial charge < -0.3 is 14.6 Å². The van der Waals surface area contributed by atoms with E-state index < -0.39 is 11.9 Å². The van der Waals surface area contributed by atoms with E-state index in [-0.39, 0.29) is 5.82 Å². The molecule has 3 rings (SSSR count). The highest BCUT2D eigenvalue weighted by Gasteiger charge is 2.17. The molecular formula is C9H5N3O3S. The van der Waals surface area contributed by atoms with Crippen molar-refractivity contribution in [1.82, 2.24) is 15.1 Å². The van der Waals surface area contributed by atoms with Crippen LogP contribution in [0.4, 0.5) is 0 Å². The van der Waals surface area contributed by atoms with Crippen molar-refractivity contribution in [1.29, 1.82) is 0 Å². The highest BCUT2D eigenvalue weighted by Crippen LogP contribution is 2.29. The monoisotopic (exact) mass is 235 g/mol. The van der Waals surface area contributed by atoms with Crippen molar-refractivity contribution in [2.45, 2.75) is 0 Å². The summed E-state index contributed by atoms with van der Waals surface area (Å²) in [6.45, 7) is 0. The van der Waals surface area contributed by atoms with E-state index in [0.717, 1.165) is 15.8 Å². The van der Waals surface area contributed by atoms with Crippen LogP contribution < -0.4 is 0 Å². The van der Waals surface area contributed by atoms with Crippen molar-refractivity contribution < 1.29 is 14.4 Å². The Morgan fingerprint density at radius 1 is 1.56 bits per heavy atom. The largest absolute Gasteiger partial charge is 0.474 e. The third-order valence-electron chi connectivity index (χ3n) is 2.15. The molecule has 3 aromatic heterocycles. The number of rotatable bonds is 2. The Bertz CT molecular complexity index is 666. The molecule has 0 aliphatic heterocycles. The summed E-state index contributed by atoms with van der Waals surface area (Å²) >= 11 is 1.56. The van der Waals surface area contributed by atoms with Crippen molar-refractivity contribution in [2.24, 2.45) is 0 Å². The molecule has 80 valence electrons.